The number of benzene rings is 2. The Bertz CT molecular complexity index is 767. The monoisotopic (exact) mass is 380 g/mol. The van der Waals surface area contributed by atoms with E-state index in [4.69, 9.17) is 27.9 Å². The topological polar surface area (TPSA) is 63.6 Å². The number of carbonyl (C=O) groups excluding carboxylic acids is 2. The third-order valence-corrected chi connectivity index (χ3v) is 4.37. The standard InChI is InChI=1S/C19H18Cl2O4/c1-2-25-19(24)9-8-18(23)14-11-12(6-7-17(14)22)10-13-15(20)4-3-5-16(13)21/h3-7,11,22H,2,8-10H2,1H3. The molecule has 0 aromatic heterocycles. The van der Waals surface area contributed by atoms with Crippen molar-refractivity contribution in [1.29, 1.82) is 0 Å². The van der Waals surface area contributed by atoms with Crippen molar-refractivity contribution in [3.05, 3.63) is 63.1 Å². The van der Waals surface area contributed by atoms with E-state index in [-0.39, 0.29) is 36.5 Å². The Hall–Kier alpha value is -2.04. The molecule has 0 atom stereocenters. The SMILES string of the molecule is CCOC(=O)CCC(=O)c1cc(Cc2c(Cl)cccc2Cl)ccc1O. The van der Waals surface area contributed by atoms with Crippen LogP contribution in [0.3, 0.4) is 0 Å². The average molecular weight is 381 g/mol. The van der Waals surface area contributed by atoms with Gasteiger partial charge in [-0.15, -0.1) is 0 Å². The van der Waals surface area contributed by atoms with Gasteiger partial charge in [-0.05, 0) is 42.3 Å². The van der Waals surface area contributed by atoms with Crippen LogP contribution in [-0.4, -0.2) is 23.5 Å². The number of phenolic OH excluding ortho intramolecular Hbond substituents is 1. The van der Waals surface area contributed by atoms with Crippen LogP contribution in [0.15, 0.2) is 36.4 Å². The van der Waals surface area contributed by atoms with Crippen LogP contribution in [0.2, 0.25) is 10.0 Å². The molecule has 6 heteroatoms. The minimum Gasteiger partial charge on any atom is -0.507 e. The summed E-state index contributed by atoms with van der Waals surface area (Å²) in [6, 6.07) is 10.0. The number of hydrogen-bond donors (Lipinski definition) is 1. The van der Waals surface area contributed by atoms with E-state index in [1.165, 1.54) is 6.07 Å². The van der Waals surface area contributed by atoms with Crippen molar-refractivity contribution >= 4 is 35.0 Å². The highest BCUT2D eigenvalue weighted by Gasteiger charge is 2.15. The first-order valence-corrected chi connectivity index (χ1v) is 8.61. The maximum atomic E-state index is 12.3. The number of esters is 1. The van der Waals surface area contributed by atoms with Crippen molar-refractivity contribution in [2.45, 2.75) is 26.2 Å². The number of ketones is 1. The minimum atomic E-state index is -0.436. The molecule has 0 amide bonds. The molecule has 132 valence electrons. The molecule has 0 aliphatic heterocycles. The third-order valence-electron chi connectivity index (χ3n) is 3.67. The van der Waals surface area contributed by atoms with Gasteiger partial charge >= 0.3 is 5.97 Å². The summed E-state index contributed by atoms with van der Waals surface area (Å²) in [4.78, 5) is 23.7. The number of Topliss-reactive ketones (excluding diaryl/α,β-unsaturated/α-hetero) is 1. The fourth-order valence-electron chi connectivity index (χ4n) is 2.41. The van der Waals surface area contributed by atoms with E-state index in [1.54, 1.807) is 37.3 Å². The van der Waals surface area contributed by atoms with Crippen molar-refractivity contribution in [3.63, 3.8) is 0 Å². The normalized spacial score (nSPS) is 10.5. The fourth-order valence-corrected chi connectivity index (χ4v) is 2.94. The Morgan fingerprint density at radius 2 is 1.76 bits per heavy atom. The maximum absolute atomic E-state index is 12.3. The van der Waals surface area contributed by atoms with Crippen LogP contribution in [0, 0.1) is 0 Å². The van der Waals surface area contributed by atoms with Gasteiger partial charge in [0, 0.05) is 22.9 Å². The molecule has 0 aliphatic rings. The highest BCUT2D eigenvalue weighted by atomic mass is 35.5. The molecule has 2 rings (SSSR count). The van der Waals surface area contributed by atoms with Gasteiger partial charge in [0.05, 0.1) is 18.6 Å². The number of aromatic hydroxyl groups is 1. The van der Waals surface area contributed by atoms with Gasteiger partial charge in [0.15, 0.2) is 5.78 Å². The van der Waals surface area contributed by atoms with Gasteiger partial charge in [-0.2, -0.15) is 0 Å². The van der Waals surface area contributed by atoms with Gasteiger partial charge in [0.2, 0.25) is 0 Å². The van der Waals surface area contributed by atoms with Crippen molar-refractivity contribution in [2.75, 3.05) is 6.61 Å². The smallest absolute Gasteiger partial charge is 0.306 e. The van der Waals surface area contributed by atoms with Gasteiger partial charge < -0.3 is 9.84 Å². The van der Waals surface area contributed by atoms with E-state index < -0.39 is 5.97 Å². The molecule has 25 heavy (non-hydrogen) atoms. The molecule has 2 aromatic rings. The number of ether oxygens (including phenoxy) is 1. The lowest BCUT2D eigenvalue weighted by Gasteiger charge is -2.10. The van der Waals surface area contributed by atoms with Crippen LogP contribution in [0.4, 0.5) is 0 Å². The number of rotatable bonds is 7. The van der Waals surface area contributed by atoms with Gasteiger partial charge in [-0.25, -0.2) is 0 Å². The molecule has 0 heterocycles. The predicted molar refractivity (Wildman–Crippen MR) is 97.6 cm³/mol. The average Bonchev–Trinajstić information content (AvgIpc) is 2.58. The molecule has 0 radical (unpaired) electrons. The summed E-state index contributed by atoms with van der Waals surface area (Å²) in [7, 11) is 0. The molecule has 0 saturated carbocycles. The predicted octanol–water partition coefficient (Wildman–Crippen LogP) is 4.82. The Labute approximate surface area is 156 Å². The summed E-state index contributed by atoms with van der Waals surface area (Å²) in [6.45, 7) is 1.97. The molecule has 0 spiro atoms. The summed E-state index contributed by atoms with van der Waals surface area (Å²) in [5, 5.41) is 11.0. The third kappa shape index (κ3) is 5.21. The zero-order valence-corrected chi connectivity index (χ0v) is 15.2. The number of phenols is 1. The summed E-state index contributed by atoms with van der Waals surface area (Å²) < 4.78 is 4.80. The van der Waals surface area contributed by atoms with Crippen LogP contribution in [0.5, 0.6) is 5.75 Å². The van der Waals surface area contributed by atoms with E-state index in [0.29, 0.717) is 16.5 Å². The molecule has 0 bridgehead atoms. The first-order valence-electron chi connectivity index (χ1n) is 7.86. The second-order valence-electron chi connectivity index (χ2n) is 5.46. The van der Waals surface area contributed by atoms with Crippen LogP contribution >= 0.6 is 23.2 Å². The zero-order chi connectivity index (χ0) is 18.4. The molecule has 0 unspecified atom stereocenters. The molecule has 1 N–H and O–H groups in total. The van der Waals surface area contributed by atoms with Gasteiger partial charge in [-0.1, -0.05) is 35.3 Å². The lowest BCUT2D eigenvalue weighted by atomic mass is 9.98. The van der Waals surface area contributed by atoms with Crippen molar-refractivity contribution in [3.8, 4) is 5.75 Å². The molecule has 2 aromatic carbocycles. The maximum Gasteiger partial charge on any atom is 0.306 e. The molecule has 4 nitrogen and oxygen atoms in total. The van der Waals surface area contributed by atoms with Crippen LogP contribution in [0.25, 0.3) is 0 Å². The Morgan fingerprint density at radius 1 is 1.08 bits per heavy atom. The number of carbonyl (C=O) groups is 2. The molecular formula is C19H18Cl2O4. The summed E-state index contributed by atoms with van der Waals surface area (Å²) in [5.41, 5.74) is 1.71. The highest BCUT2D eigenvalue weighted by Crippen LogP contribution is 2.29. The Kier molecular flexibility index (Phi) is 6.85. The Balaban J connectivity index is 2.17. The van der Waals surface area contributed by atoms with Crippen LogP contribution < -0.4 is 0 Å². The van der Waals surface area contributed by atoms with Gasteiger partial charge in [0.25, 0.3) is 0 Å². The molecular weight excluding hydrogens is 363 g/mol. The van der Waals surface area contributed by atoms with Crippen molar-refractivity contribution < 1.29 is 19.4 Å². The van der Waals surface area contributed by atoms with E-state index in [0.717, 1.165) is 11.1 Å². The largest absolute Gasteiger partial charge is 0.507 e. The van der Waals surface area contributed by atoms with Crippen LogP contribution in [0.1, 0.15) is 41.3 Å². The summed E-state index contributed by atoms with van der Waals surface area (Å²) >= 11 is 12.4. The van der Waals surface area contributed by atoms with Crippen molar-refractivity contribution in [2.24, 2.45) is 0 Å². The summed E-state index contributed by atoms with van der Waals surface area (Å²) in [6.07, 6.45) is 0.381. The fraction of sp³-hybridized carbons (Fsp3) is 0.263. The van der Waals surface area contributed by atoms with E-state index in [1.807, 2.05) is 0 Å². The minimum absolute atomic E-state index is 0.0211. The number of hydrogen-bond acceptors (Lipinski definition) is 4. The second-order valence-corrected chi connectivity index (χ2v) is 6.27. The molecule has 0 saturated heterocycles. The summed E-state index contributed by atoms with van der Waals surface area (Å²) in [5.74, 6) is -0.880. The van der Waals surface area contributed by atoms with Crippen LogP contribution in [-0.2, 0) is 16.0 Å². The highest BCUT2D eigenvalue weighted by molar-refractivity contribution is 6.36. The lowest BCUT2D eigenvalue weighted by Crippen LogP contribution is -2.08. The van der Waals surface area contributed by atoms with E-state index in [2.05, 4.69) is 0 Å². The quantitative estimate of drug-likeness (QED) is 0.552. The zero-order valence-electron chi connectivity index (χ0n) is 13.7. The lowest BCUT2D eigenvalue weighted by molar-refractivity contribution is -0.143. The number of halogens is 2. The molecule has 0 aliphatic carbocycles. The second kappa shape index (κ2) is 8.88. The van der Waals surface area contributed by atoms with E-state index >= 15 is 0 Å². The molecule has 0 fully saturated rings. The van der Waals surface area contributed by atoms with Gasteiger partial charge in [-0.3, -0.25) is 9.59 Å². The van der Waals surface area contributed by atoms with Gasteiger partial charge in [0.1, 0.15) is 5.75 Å². The van der Waals surface area contributed by atoms with Crippen molar-refractivity contribution in [1.82, 2.24) is 0 Å². The van der Waals surface area contributed by atoms with E-state index in [9.17, 15) is 14.7 Å². The first kappa shape index (κ1) is 19.3. The Morgan fingerprint density at radius 3 is 2.40 bits per heavy atom. The first-order chi connectivity index (χ1) is 11.9.